The Bertz CT molecular complexity index is 1270. The van der Waals surface area contributed by atoms with Crippen LogP contribution in [0.15, 0.2) is 60.7 Å². The van der Waals surface area contributed by atoms with Gasteiger partial charge in [-0.05, 0) is 97.3 Å². The van der Waals surface area contributed by atoms with Gasteiger partial charge in [-0.3, -0.25) is 0 Å². The Morgan fingerprint density at radius 3 is 2.36 bits per heavy atom. The summed E-state index contributed by atoms with van der Waals surface area (Å²) in [6.07, 6.45) is 7.66. The third-order valence-electron chi connectivity index (χ3n) is 7.71. The zero-order valence-corrected chi connectivity index (χ0v) is 23.3. The molecule has 39 heavy (non-hydrogen) atoms. The second-order valence-corrected chi connectivity index (χ2v) is 10.4. The summed E-state index contributed by atoms with van der Waals surface area (Å²) in [6.45, 7) is 6.37. The van der Waals surface area contributed by atoms with Gasteiger partial charge >= 0.3 is 0 Å². The fraction of sp³-hybridized carbons (Fsp3) is 0.394. The van der Waals surface area contributed by atoms with E-state index in [1.807, 2.05) is 18.2 Å². The van der Waals surface area contributed by atoms with Crippen molar-refractivity contribution in [1.82, 2.24) is 10.6 Å². The summed E-state index contributed by atoms with van der Waals surface area (Å²) in [5, 5.41) is 7.07. The van der Waals surface area contributed by atoms with Crippen molar-refractivity contribution >= 4 is 6.08 Å². The lowest BCUT2D eigenvalue weighted by Crippen LogP contribution is -2.30. The fourth-order valence-electron chi connectivity index (χ4n) is 5.36. The smallest absolute Gasteiger partial charge is 0.161 e. The lowest BCUT2D eigenvalue weighted by Gasteiger charge is -2.26. The molecule has 3 aromatic rings. The van der Waals surface area contributed by atoms with Crippen LogP contribution in [0.25, 0.3) is 6.08 Å². The minimum Gasteiger partial charge on any atom is -0.493 e. The Balaban J connectivity index is 1.33. The molecule has 0 bridgehead atoms. The van der Waals surface area contributed by atoms with E-state index in [0.717, 1.165) is 85.2 Å². The molecule has 6 heteroatoms. The SMILES string of the molecule is COc1cc2c(cc1OCc1ccccc1)CCNC2/C=C/c1cc(OCC2CCNCC2)c(OC)cc1C. The van der Waals surface area contributed by atoms with Crippen molar-refractivity contribution in [2.45, 2.75) is 38.8 Å². The number of aryl methyl sites for hydroxylation is 1. The zero-order valence-electron chi connectivity index (χ0n) is 23.3. The highest BCUT2D eigenvalue weighted by Crippen LogP contribution is 2.37. The van der Waals surface area contributed by atoms with Crippen molar-refractivity contribution in [3.8, 4) is 23.0 Å². The average Bonchev–Trinajstić information content (AvgIpc) is 2.99. The number of hydrogen-bond donors (Lipinski definition) is 2. The van der Waals surface area contributed by atoms with E-state index < -0.39 is 0 Å². The maximum Gasteiger partial charge on any atom is 0.161 e. The van der Waals surface area contributed by atoms with Crippen molar-refractivity contribution in [3.05, 3.63) is 88.5 Å². The van der Waals surface area contributed by atoms with E-state index in [9.17, 15) is 0 Å². The molecule has 2 aliphatic rings. The number of ether oxygens (including phenoxy) is 4. The van der Waals surface area contributed by atoms with E-state index in [4.69, 9.17) is 18.9 Å². The number of fused-ring (bicyclic) bond motifs is 1. The van der Waals surface area contributed by atoms with Crippen LogP contribution in [0.5, 0.6) is 23.0 Å². The lowest BCUT2D eigenvalue weighted by atomic mass is 9.92. The third-order valence-corrected chi connectivity index (χ3v) is 7.71. The summed E-state index contributed by atoms with van der Waals surface area (Å²) >= 11 is 0. The minimum absolute atomic E-state index is 0.0754. The highest BCUT2D eigenvalue weighted by molar-refractivity contribution is 5.61. The maximum absolute atomic E-state index is 6.28. The molecule has 0 aliphatic carbocycles. The van der Waals surface area contributed by atoms with Crippen LogP contribution in [0.3, 0.4) is 0 Å². The zero-order chi connectivity index (χ0) is 27.0. The predicted molar refractivity (Wildman–Crippen MR) is 156 cm³/mol. The van der Waals surface area contributed by atoms with Gasteiger partial charge in [0, 0.05) is 6.54 Å². The number of benzene rings is 3. The number of piperidine rings is 1. The maximum atomic E-state index is 6.28. The molecule has 0 amide bonds. The Morgan fingerprint density at radius 1 is 0.846 bits per heavy atom. The highest BCUT2D eigenvalue weighted by Gasteiger charge is 2.22. The molecule has 6 nitrogen and oxygen atoms in total. The number of nitrogens with one attached hydrogen (secondary N) is 2. The molecule has 2 aliphatic heterocycles. The average molecular weight is 529 g/mol. The highest BCUT2D eigenvalue weighted by atomic mass is 16.5. The van der Waals surface area contributed by atoms with Crippen molar-refractivity contribution in [2.75, 3.05) is 40.5 Å². The summed E-state index contributed by atoms with van der Waals surface area (Å²) in [4.78, 5) is 0. The second kappa shape index (κ2) is 13.0. The molecule has 206 valence electrons. The van der Waals surface area contributed by atoms with E-state index in [2.05, 4.69) is 66.1 Å². The summed E-state index contributed by atoms with van der Waals surface area (Å²) < 4.78 is 23.8. The molecule has 1 saturated heterocycles. The Kier molecular flexibility index (Phi) is 9.07. The molecule has 3 aromatic carbocycles. The molecular weight excluding hydrogens is 488 g/mol. The van der Waals surface area contributed by atoms with Crippen molar-refractivity contribution < 1.29 is 18.9 Å². The first-order chi connectivity index (χ1) is 19.1. The van der Waals surface area contributed by atoms with Gasteiger partial charge in [0.25, 0.3) is 0 Å². The third kappa shape index (κ3) is 6.75. The molecule has 1 unspecified atom stereocenters. The summed E-state index contributed by atoms with van der Waals surface area (Å²) in [5.41, 5.74) is 5.91. The second-order valence-electron chi connectivity index (χ2n) is 10.4. The lowest BCUT2D eigenvalue weighted by molar-refractivity contribution is 0.208. The van der Waals surface area contributed by atoms with Crippen LogP contribution in [0.4, 0.5) is 0 Å². The van der Waals surface area contributed by atoms with Crippen LogP contribution in [0.2, 0.25) is 0 Å². The Morgan fingerprint density at radius 2 is 1.59 bits per heavy atom. The summed E-state index contributed by atoms with van der Waals surface area (Å²) in [7, 11) is 3.40. The standard InChI is InChI=1S/C33H40N2O4/c1-23-17-30(36-2)32(39-22-25-11-14-34-15-12-25)18-26(23)9-10-29-28-20-31(37-3)33(19-27(28)13-16-35-29)38-21-24-7-5-4-6-8-24/h4-10,17-20,25,29,34-35H,11-16,21-22H2,1-3H3/b10-9+. The first-order valence-corrected chi connectivity index (χ1v) is 14.0. The van der Waals surface area contributed by atoms with E-state index in [-0.39, 0.29) is 6.04 Å². The van der Waals surface area contributed by atoms with E-state index in [1.54, 1.807) is 14.2 Å². The van der Waals surface area contributed by atoms with Gasteiger partial charge in [-0.2, -0.15) is 0 Å². The van der Waals surface area contributed by atoms with Gasteiger partial charge in [0.15, 0.2) is 23.0 Å². The van der Waals surface area contributed by atoms with Gasteiger partial charge in [-0.15, -0.1) is 0 Å². The normalized spacial score (nSPS) is 17.6. The van der Waals surface area contributed by atoms with Crippen molar-refractivity contribution in [1.29, 1.82) is 0 Å². The molecule has 0 saturated carbocycles. The van der Waals surface area contributed by atoms with E-state index in [0.29, 0.717) is 12.5 Å². The molecule has 1 fully saturated rings. The number of rotatable bonds is 10. The molecule has 2 heterocycles. The molecule has 0 spiro atoms. The van der Waals surface area contributed by atoms with Crippen LogP contribution < -0.4 is 29.6 Å². The molecular formula is C33H40N2O4. The van der Waals surface area contributed by atoms with E-state index >= 15 is 0 Å². The molecule has 5 rings (SSSR count). The van der Waals surface area contributed by atoms with Crippen LogP contribution in [0, 0.1) is 12.8 Å². The van der Waals surface area contributed by atoms with Crippen molar-refractivity contribution in [3.63, 3.8) is 0 Å². The van der Waals surface area contributed by atoms with Gasteiger partial charge in [-0.25, -0.2) is 0 Å². The predicted octanol–water partition coefficient (Wildman–Crippen LogP) is 5.87. The number of hydrogen-bond acceptors (Lipinski definition) is 6. The first kappa shape index (κ1) is 27.1. The van der Waals surface area contributed by atoms with Crippen LogP contribution >= 0.6 is 0 Å². The topological polar surface area (TPSA) is 61.0 Å². The first-order valence-electron chi connectivity index (χ1n) is 14.0. The van der Waals surface area contributed by atoms with Gasteiger partial charge in [0.05, 0.1) is 26.9 Å². The van der Waals surface area contributed by atoms with Gasteiger partial charge in [0.1, 0.15) is 6.61 Å². The fourth-order valence-corrected chi connectivity index (χ4v) is 5.36. The van der Waals surface area contributed by atoms with Gasteiger partial charge in [-0.1, -0.05) is 42.5 Å². The van der Waals surface area contributed by atoms with Crippen LogP contribution in [-0.2, 0) is 13.0 Å². The number of methoxy groups -OCH3 is 2. The van der Waals surface area contributed by atoms with E-state index in [1.165, 1.54) is 11.1 Å². The monoisotopic (exact) mass is 528 g/mol. The Hall–Kier alpha value is -3.48. The molecule has 0 radical (unpaired) electrons. The molecule has 1 atom stereocenters. The van der Waals surface area contributed by atoms with Gasteiger partial charge in [0.2, 0.25) is 0 Å². The Labute approximate surface area is 232 Å². The quantitative estimate of drug-likeness (QED) is 0.343. The summed E-state index contributed by atoms with van der Waals surface area (Å²) in [5.74, 6) is 3.70. The van der Waals surface area contributed by atoms with Crippen LogP contribution in [0.1, 0.15) is 46.7 Å². The minimum atomic E-state index is 0.0754. The molecule has 0 aromatic heterocycles. The molecule has 2 N–H and O–H groups in total. The summed E-state index contributed by atoms with van der Waals surface area (Å²) in [6, 6.07) is 18.7. The van der Waals surface area contributed by atoms with Gasteiger partial charge < -0.3 is 29.6 Å². The largest absolute Gasteiger partial charge is 0.493 e. The van der Waals surface area contributed by atoms with Crippen LogP contribution in [-0.4, -0.2) is 40.5 Å². The van der Waals surface area contributed by atoms with Crippen molar-refractivity contribution in [2.24, 2.45) is 5.92 Å².